The topological polar surface area (TPSA) is 59.5 Å². The van der Waals surface area contributed by atoms with E-state index in [1.165, 1.54) is 6.08 Å². The number of carbonyl (C=O) groups excluding carboxylic acids is 1. The summed E-state index contributed by atoms with van der Waals surface area (Å²) in [5, 5.41) is 2.80. The average Bonchev–Trinajstić information content (AvgIpc) is 3.12. The van der Waals surface area contributed by atoms with E-state index >= 15 is 0 Å². The monoisotopic (exact) mass is 281 g/mol. The van der Waals surface area contributed by atoms with Crippen molar-refractivity contribution in [2.75, 3.05) is 0 Å². The highest BCUT2D eigenvalue weighted by Gasteiger charge is 2.04. The molecule has 0 aliphatic heterocycles. The van der Waals surface area contributed by atoms with Crippen LogP contribution in [0.15, 0.2) is 53.3 Å². The van der Waals surface area contributed by atoms with Crippen molar-refractivity contribution >= 4 is 17.6 Å². The van der Waals surface area contributed by atoms with E-state index in [9.17, 15) is 4.79 Å². The fraction of sp³-hybridized carbons (Fsp3) is 0.125. The molecule has 5 heteroatoms. The minimum Gasteiger partial charge on any atom is -0.465 e. The molecule has 0 unspecified atom stereocenters. The molecule has 3 heterocycles. The Hall–Kier alpha value is -2.82. The van der Waals surface area contributed by atoms with Gasteiger partial charge in [-0.15, -0.1) is 0 Å². The quantitative estimate of drug-likeness (QED) is 0.748. The van der Waals surface area contributed by atoms with Gasteiger partial charge in [-0.1, -0.05) is 6.07 Å². The van der Waals surface area contributed by atoms with Gasteiger partial charge >= 0.3 is 0 Å². The number of furan rings is 1. The number of fused-ring (bicyclic) bond motifs is 1. The summed E-state index contributed by atoms with van der Waals surface area (Å²) in [5.41, 5.74) is 2.81. The Labute approximate surface area is 121 Å². The molecule has 0 radical (unpaired) electrons. The number of rotatable bonds is 4. The van der Waals surface area contributed by atoms with E-state index in [0.717, 1.165) is 17.0 Å². The smallest absolute Gasteiger partial charge is 0.244 e. The molecule has 3 aromatic heterocycles. The van der Waals surface area contributed by atoms with Gasteiger partial charge in [0, 0.05) is 18.0 Å². The van der Waals surface area contributed by atoms with Crippen LogP contribution in [0, 0.1) is 6.92 Å². The molecular weight excluding hydrogens is 266 g/mol. The lowest BCUT2D eigenvalue weighted by Gasteiger charge is -1.97. The van der Waals surface area contributed by atoms with Crippen LogP contribution in [0.4, 0.5) is 0 Å². The number of carbonyl (C=O) groups is 1. The van der Waals surface area contributed by atoms with Crippen LogP contribution in [-0.2, 0) is 11.3 Å². The maximum Gasteiger partial charge on any atom is 0.244 e. The van der Waals surface area contributed by atoms with E-state index in [0.29, 0.717) is 12.3 Å². The molecule has 0 spiro atoms. The molecule has 3 aromatic rings. The normalized spacial score (nSPS) is 11.3. The second kappa shape index (κ2) is 5.66. The van der Waals surface area contributed by atoms with Gasteiger partial charge in [0.25, 0.3) is 0 Å². The van der Waals surface area contributed by atoms with Crippen molar-refractivity contribution in [1.29, 1.82) is 0 Å². The molecule has 106 valence electrons. The highest BCUT2D eigenvalue weighted by molar-refractivity contribution is 5.91. The number of nitrogens with zero attached hydrogens (tertiary/aromatic N) is 2. The van der Waals surface area contributed by atoms with Crippen LogP contribution in [0.3, 0.4) is 0 Å². The molecule has 0 aliphatic carbocycles. The van der Waals surface area contributed by atoms with E-state index in [-0.39, 0.29) is 5.91 Å². The first-order chi connectivity index (χ1) is 10.2. The second-order valence-electron chi connectivity index (χ2n) is 4.69. The van der Waals surface area contributed by atoms with Crippen molar-refractivity contribution in [3.05, 3.63) is 66.0 Å². The molecule has 0 saturated heterocycles. The van der Waals surface area contributed by atoms with Crippen molar-refractivity contribution in [1.82, 2.24) is 14.7 Å². The molecule has 0 aliphatic rings. The van der Waals surface area contributed by atoms with Crippen molar-refractivity contribution in [3.8, 4) is 0 Å². The maximum absolute atomic E-state index is 11.7. The summed E-state index contributed by atoms with van der Waals surface area (Å²) in [6, 6.07) is 9.48. The zero-order chi connectivity index (χ0) is 14.7. The first kappa shape index (κ1) is 13.2. The molecule has 0 atom stereocenters. The Morgan fingerprint density at radius 1 is 1.38 bits per heavy atom. The van der Waals surface area contributed by atoms with Crippen LogP contribution in [0.1, 0.15) is 17.1 Å². The third kappa shape index (κ3) is 3.02. The van der Waals surface area contributed by atoms with Crippen molar-refractivity contribution in [2.24, 2.45) is 0 Å². The summed E-state index contributed by atoms with van der Waals surface area (Å²) in [6.45, 7) is 2.41. The van der Waals surface area contributed by atoms with Crippen LogP contribution < -0.4 is 5.32 Å². The van der Waals surface area contributed by atoms with E-state index in [1.54, 1.807) is 24.5 Å². The zero-order valence-corrected chi connectivity index (χ0v) is 11.6. The van der Waals surface area contributed by atoms with Gasteiger partial charge in [0.15, 0.2) is 0 Å². The van der Waals surface area contributed by atoms with Crippen LogP contribution >= 0.6 is 0 Å². The van der Waals surface area contributed by atoms with Crippen LogP contribution in [0.25, 0.3) is 11.7 Å². The third-order valence-electron chi connectivity index (χ3n) is 3.13. The standard InChI is InChI=1S/C16H15N3O2/c1-12-4-2-6-15-18-13(11-19(12)15)10-17-16(20)8-7-14-5-3-9-21-14/h2-9,11H,10H2,1H3,(H,17,20)/b8-7+. The van der Waals surface area contributed by atoms with Gasteiger partial charge in [-0.05, 0) is 37.3 Å². The van der Waals surface area contributed by atoms with Crippen molar-refractivity contribution in [3.63, 3.8) is 0 Å². The molecule has 1 amide bonds. The Balaban J connectivity index is 1.63. The molecule has 3 rings (SSSR count). The Kier molecular flexibility index (Phi) is 3.55. The Morgan fingerprint density at radius 2 is 2.29 bits per heavy atom. The van der Waals surface area contributed by atoms with Crippen LogP contribution in [-0.4, -0.2) is 15.3 Å². The van der Waals surface area contributed by atoms with Gasteiger partial charge in [-0.25, -0.2) is 4.98 Å². The molecule has 1 N–H and O–H groups in total. The summed E-state index contributed by atoms with van der Waals surface area (Å²) in [6.07, 6.45) is 6.57. The fourth-order valence-electron chi connectivity index (χ4n) is 2.06. The Morgan fingerprint density at radius 3 is 3.05 bits per heavy atom. The number of aromatic nitrogens is 2. The number of imidazole rings is 1. The van der Waals surface area contributed by atoms with E-state index in [1.807, 2.05) is 35.7 Å². The highest BCUT2D eigenvalue weighted by atomic mass is 16.3. The van der Waals surface area contributed by atoms with Crippen LogP contribution in [0.2, 0.25) is 0 Å². The summed E-state index contributed by atoms with van der Waals surface area (Å²) in [5.74, 6) is 0.466. The molecular formula is C16H15N3O2. The predicted octanol–water partition coefficient (Wildman–Crippen LogP) is 2.57. The molecule has 0 fully saturated rings. The largest absolute Gasteiger partial charge is 0.465 e. The number of nitrogens with one attached hydrogen (secondary N) is 1. The lowest BCUT2D eigenvalue weighted by molar-refractivity contribution is -0.116. The lowest BCUT2D eigenvalue weighted by atomic mass is 10.3. The summed E-state index contributed by atoms with van der Waals surface area (Å²) < 4.78 is 7.12. The highest BCUT2D eigenvalue weighted by Crippen LogP contribution is 2.08. The van der Waals surface area contributed by atoms with Gasteiger partial charge in [0.2, 0.25) is 5.91 Å². The van der Waals surface area contributed by atoms with Crippen molar-refractivity contribution < 1.29 is 9.21 Å². The van der Waals surface area contributed by atoms with Gasteiger partial charge in [-0.2, -0.15) is 0 Å². The van der Waals surface area contributed by atoms with Crippen LogP contribution in [0.5, 0.6) is 0 Å². The van der Waals surface area contributed by atoms with Gasteiger partial charge in [-0.3, -0.25) is 4.79 Å². The SMILES string of the molecule is Cc1cccc2nc(CNC(=O)/C=C/c3ccco3)cn12. The van der Waals surface area contributed by atoms with Gasteiger partial charge in [0.1, 0.15) is 11.4 Å². The zero-order valence-electron chi connectivity index (χ0n) is 11.6. The van der Waals surface area contributed by atoms with E-state index in [4.69, 9.17) is 4.42 Å². The first-order valence-corrected chi connectivity index (χ1v) is 6.65. The number of hydrogen-bond donors (Lipinski definition) is 1. The third-order valence-corrected chi connectivity index (χ3v) is 3.13. The molecule has 0 bridgehead atoms. The number of aryl methyl sites for hydroxylation is 1. The lowest BCUT2D eigenvalue weighted by Crippen LogP contribution is -2.20. The van der Waals surface area contributed by atoms with E-state index in [2.05, 4.69) is 10.3 Å². The number of pyridine rings is 1. The van der Waals surface area contributed by atoms with Gasteiger partial charge in [0.05, 0.1) is 18.5 Å². The minimum absolute atomic E-state index is 0.180. The molecule has 5 nitrogen and oxygen atoms in total. The first-order valence-electron chi connectivity index (χ1n) is 6.65. The summed E-state index contributed by atoms with van der Waals surface area (Å²) >= 11 is 0. The Bertz CT molecular complexity index is 785. The number of hydrogen-bond acceptors (Lipinski definition) is 3. The number of amides is 1. The fourth-order valence-corrected chi connectivity index (χ4v) is 2.06. The molecule has 21 heavy (non-hydrogen) atoms. The summed E-state index contributed by atoms with van der Waals surface area (Å²) in [7, 11) is 0. The maximum atomic E-state index is 11.7. The second-order valence-corrected chi connectivity index (χ2v) is 4.69. The summed E-state index contributed by atoms with van der Waals surface area (Å²) in [4.78, 5) is 16.2. The molecule has 0 aromatic carbocycles. The predicted molar refractivity (Wildman–Crippen MR) is 79.5 cm³/mol. The molecule has 0 saturated carbocycles. The van der Waals surface area contributed by atoms with E-state index < -0.39 is 0 Å². The van der Waals surface area contributed by atoms with Crippen molar-refractivity contribution in [2.45, 2.75) is 13.5 Å². The minimum atomic E-state index is -0.180. The average molecular weight is 281 g/mol. The van der Waals surface area contributed by atoms with Gasteiger partial charge < -0.3 is 14.1 Å².